The second kappa shape index (κ2) is 3.69. The van der Waals surface area contributed by atoms with Gasteiger partial charge in [0.05, 0.1) is 5.69 Å². The lowest BCUT2D eigenvalue weighted by molar-refractivity contribution is 0.0685. The quantitative estimate of drug-likeness (QED) is 0.872. The third-order valence-corrected chi connectivity index (χ3v) is 2.86. The van der Waals surface area contributed by atoms with E-state index in [1.165, 1.54) is 4.68 Å². The largest absolute Gasteiger partial charge is 0.476 e. The Labute approximate surface area is 97.7 Å². The number of nitrogens with zero attached hydrogens (tertiary/aromatic N) is 3. The van der Waals surface area contributed by atoms with Gasteiger partial charge in [0.1, 0.15) is 5.69 Å². The molecule has 1 aromatic carbocycles. The normalized spacial score (nSPS) is 14.8. The first-order valence-corrected chi connectivity index (χ1v) is 5.51. The Kier molecular flexibility index (Phi) is 2.18. The molecule has 0 aliphatic heterocycles. The first kappa shape index (κ1) is 10.0. The first-order valence-electron chi connectivity index (χ1n) is 5.51. The molecule has 0 saturated heterocycles. The van der Waals surface area contributed by atoms with Crippen molar-refractivity contribution in [3.8, 4) is 5.69 Å². The van der Waals surface area contributed by atoms with E-state index in [-0.39, 0.29) is 11.6 Å². The van der Waals surface area contributed by atoms with Crippen molar-refractivity contribution in [2.24, 2.45) is 0 Å². The Hall–Kier alpha value is -2.17. The topological polar surface area (TPSA) is 68.0 Å². The predicted molar refractivity (Wildman–Crippen MR) is 60.3 cm³/mol. The van der Waals surface area contributed by atoms with Gasteiger partial charge in [-0.05, 0) is 25.0 Å². The predicted octanol–water partition coefficient (Wildman–Crippen LogP) is 1.84. The van der Waals surface area contributed by atoms with Crippen molar-refractivity contribution in [3.63, 3.8) is 0 Å². The van der Waals surface area contributed by atoms with E-state index < -0.39 is 5.97 Å². The van der Waals surface area contributed by atoms with Crippen LogP contribution in [0, 0.1) is 0 Å². The minimum absolute atomic E-state index is 0.193. The fraction of sp³-hybridized carbons (Fsp3) is 0.250. The number of hydrogen-bond donors (Lipinski definition) is 1. The lowest BCUT2D eigenvalue weighted by Gasteiger charge is -2.03. The van der Waals surface area contributed by atoms with Gasteiger partial charge in [0.2, 0.25) is 0 Å². The fourth-order valence-electron chi connectivity index (χ4n) is 1.88. The molecule has 17 heavy (non-hydrogen) atoms. The van der Waals surface area contributed by atoms with E-state index in [4.69, 9.17) is 0 Å². The zero-order chi connectivity index (χ0) is 11.8. The van der Waals surface area contributed by atoms with E-state index in [1.54, 1.807) is 0 Å². The first-order chi connectivity index (χ1) is 8.27. The third kappa shape index (κ3) is 1.69. The zero-order valence-corrected chi connectivity index (χ0v) is 9.08. The summed E-state index contributed by atoms with van der Waals surface area (Å²) >= 11 is 0. The summed E-state index contributed by atoms with van der Waals surface area (Å²) in [6.45, 7) is 0. The van der Waals surface area contributed by atoms with E-state index in [9.17, 15) is 9.90 Å². The van der Waals surface area contributed by atoms with Crippen molar-refractivity contribution in [1.29, 1.82) is 0 Å². The summed E-state index contributed by atoms with van der Waals surface area (Å²) in [5.74, 6) is -0.695. The number of aromatic nitrogens is 3. The second-order valence-electron chi connectivity index (χ2n) is 4.15. The summed E-state index contributed by atoms with van der Waals surface area (Å²) in [5, 5.41) is 17.2. The Morgan fingerprint density at radius 1 is 1.29 bits per heavy atom. The van der Waals surface area contributed by atoms with E-state index in [0.29, 0.717) is 5.69 Å². The van der Waals surface area contributed by atoms with Crippen molar-refractivity contribution in [2.45, 2.75) is 18.8 Å². The molecule has 1 heterocycles. The van der Waals surface area contributed by atoms with Crippen LogP contribution < -0.4 is 0 Å². The van der Waals surface area contributed by atoms with Crippen LogP contribution in [-0.4, -0.2) is 26.1 Å². The molecule has 1 aromatic heterocycles. The van der Waals surface area contributed by atoms with Gasteiger partial charge in [0.15, 0.2) is 5.69 Å². The number of carbonyl (C=O) groups is 1. The Morgan fingerprint density at radius 3 is 2.59 bits per heavy atom. The fourth-order valence-corrected chi connectivity index (χ4v) is 1.88. The average Bonchev–Trinajstić information content (AvgIpc) is 3.08. The van der Waals surface area contributed by atoms with Crippen LogP contribution in [0.3, 0.4) is 0 Å². The van der Waals surface area contributed by atoms with Gasteiger partial charge in [-0.15, -0.1) is 5.10 Å². The molecule has 1 aliphatic rings. The summed E-state index contributed by atoms with van der Waals surface area (Å²) < 4.78 is 1.40. The molecule has 3 rings (SSSR count). The molecule has 0 amide bonds. The van der Waals surface area contributed by atoms with Crippen LogP contribution in [-0.2, 0) is 0 Å². The molecule has 1 saturated carbocycles. The molecule has 1 fully saturated rings. The summed E-state index contributed by atoms with van der Waals surface area (Å²) in [4.78, 5) is 11.3. The molecule has 5 nitrogen and oxygen atoms in total. The van der Waals surface area contributed by atoms with Crippen molar-refractivity contribution in [3.05, 3.63) is 41.7 Å². The molecule has 0 unspecified atom stereocenters. The maximum atomic E-state index is 11.3. The van der Waals surface area contributed by atoms with Crippen LogP contribution in [0.2, 0.25) is 0 Å². The van der Waals surface area contributed by atoms with Crippen molar-refractivity contribution in [2.75, 3.05) is 0 Å². The summed E-state index contributed by atoms with van der Waals surface area (Å²) in [5.41, 5.74) is 1.53. The molecule has 0 atom stereocenters. The van der Waals surface area contributed by atoms with Crippen LogP contribution >= 0.6 is 0 Å². The lowest BCUT2D eigenvalue weighted by atomic mass is 10.2. The number of rotatable bonds is 3. The van der Waals surface area contributed by atoms with Crippen LogP contribution in [0.15, 0.2) is 30.3 Å². The number of carboxylic acid groups (broad SMARTS) is 1. The lowest BCUT2D eigenvalue weighted by Crippen LogP contribution is -2.09. The van der Waals surface area contributed by atoms with Gasteiger partial charge in [-0.25, -0.2) is 9.48 Å². The molecular weight excluding hydrogens is 218 g/mol. The second-order valence-corrected chi connectivity index (χ2v) is 4.15. The molecule has 0 radical (unpaired) electrons. The zero-order valence-electron chi connectivity index (χ0n) is 9.08. The Balaban J connectivity index is 2.14. The van der Waals surface area contributed by atoms with Crippen LogP contribution in [0.25, 0.3) is 5.69 Å². The van der Waals surface area contributed by atoms with Crippen molar-refractivity contribution < 1.29 is 9.90 Å². The number of benzene rings is 1. The Morgan fingerprint density at radius 2 is 2.00 bits per heavy atom. The van der Waals surface area contributed by atoms with Gasteiger partial charge in [-0.1, -0.05) is 23.4 Å². The van der Waals surface area contributed by atoms with E-state index in [1.807, 2.05) is 30.3 Å². The average molecular weight is 229 g/mol. The Bertz CT molecular complexity index is 558. The molecule has 0 spiro atoms. The van der Waals surface area contributed by atoms with E-state index in [2.05, 4.69) is 10.3 Å². The maximum Gasteiger partial charge on any atom is 0.356 e. The van der Waals surface area contributed by atoms with Crippen LogP contribution in [0.5, 0.6) is 0 Å². The van der Waals surface area contributed by atoms with Gasteiger partial charge in [-0.2, -0.15) is 0 Å². The standard InChI is InChI=1S/C12H11N3O2/c16-12(17)11-10(8-6-7-8)13-14-15(11)9-4-2-1-3-5-9/h1-5,8H,6-7H2,(H,16,17). The molecule has 0 bridgehead atoms. The highest BCUT2D eigenvalue weighted by atomic mass is 16.4. The highest BCUT2D eigenvalue weighted by molar-refractivity contribution is 5.87. The summed E-state index contributed by atoms with van der Waals surface area (Å²) in [6.07, 6.45) is 2.02. The number of carboxylic acids is 1. The van der Waals surface area contributed by atoms with Gasteiger partial charge in [0, 0.05) is 5.92 Å². The maximum absolute atomic E-state index is 11.3. The van der Waals surface area contributed by atoms with Crippen molar-refractivity contribution in [1.82, 2.24) is 15.0 Å². The molecule has 1 aliphatic carbocycles. The molecule has 1 N–H and O–H groups in total. The van der Waals surface area contributed by atoms with Gasteiger partial charge < -0.3 is 5.11 Å². The highest BCUT2D eigenvalue weighted by Crippen LogP contribution is 2.40. The number of aromatic carboxylic acids is 1. The molecule has 5 heteroatoms. The van der Waals surface area contributed by atoms with Crippen LogP contribution in [0.1, 0.15) is 34.9 Å². The monoisotopic (exact) mass is 229 g/mol. The van der Waals surface area contributed by atoms with Crippen molar-refractivity contribution >= 4 is 5.97 Å². The summed E-state index contributed by atoms with van der Waals surface area (Å²) in [7, 11) is 0. The third-order valence-electron chi connectivity index (χ3n) is 2.86. The molecular formula is C12H11N3O2. The van der Waals surface area contributed by atoms with E-state index >= 15 is 0 Å². The smallest absolute Gasteiger partial charge is 0.356 e. The molecule has 86 valence electrons. The van der Waals surface area contributed by atoms with E-state index in [0.717, 1.165) is 18.5 Å². The van der Waals surface area contributed by atoms with Crippen LogP contribution in [0.4, 0.5) is 0 Å². The summed E-state index contributed by atoms with van der Waals surface area (Å²) in [6, 6.07) is 9.21. The minimum atomic E-state index is -0.972. The minimum Gasteiger partial charge on any atom is -0.476 e. The van der Waals surface area contributed by atoms with Gasteiger partial charge in [0.25, 0.3) is 0 Å². The SMILES string of the molecule is O=C(O)c1c(C2CC2)nnn1-c1ccccc1. The molecule has 2 aromatic rings. The number of hydrogen-bond acceptors (Lipinski definition) is 3. The number of para-hydroxylation sites is 1. The van der Waals surface area contributed by atoms with Gasteiger partial charge in [-0.3, -0.25) is 0 Å². The van der Waals surface area contributed by atoms with Gasteiger partial charge >= 0.3 is 5.97 Å². The highest BCUT2D eigenvalue weighted by Gasteiger charge is 2.33.